The first-order valence-corrected chi connectivity index (χ1v) is 18.8. The molecule has 8 heteroatoms. The Morgan fingerprint density at radius 3 is 2.28 bits per heavy atom. The van der Waals surface area contributed by atoms with Gasteiger partial charge in [0.05, 0.1) is 0 Å². The third-order valence-corrected chi connectivity index (χ3v) is 12.6. The fraction of sp³-hybridized carbons (Fsp3) is 0.619. The summed E-state index contributed by atoms with van der Waals surface area (Å²) in [6.07, 6.45) is 12.2. The van der Waals surface area contributed by atoms with Crippen molar-refractivity contribution in [2.75, 3.05) is 18.4 Å². The molecule has 3 aliphatic carbocycles. The van der Waals surface area contributed by atoms with Crippen LogP contribution in [0, 0.1) is 34.5 Å². The van der Waals surface area contributed by atoms with Crippen molar-refractivity contribution >= 4 is 23.3 Å². The maximum atomic E-state index is 14.2. The highest BCUT2D eigenvalue weighted by Gasteiger charge is 2.61. The number of amides is 2. The average Bonchev–Trinajstić information content (AvgIpc) is 3.42. The average molecular weight is 684 g/mol. The molecule has 272 valence electrons. The number of piperidine rings is 1. The predicted molar refractivity (Wildman–Crippen MR) is 201 cm³/mol. The first-order chi connectivity index (χ1) is 23.4. The van der Waals surface area contributed by atoms with Crippen LogP contribution in [0.25, 0.3) is 0 Å². The van der Waals surface area contributed by atoms with Crippen LogP contribution >= 0.6 is 0 Å². The van der Waals surface area contributed by atoms with Crippen LogP contribution in [0.1, 0.15) is 129 Å². The summed E-state index contributed by atoms with van der Waals surface area (Å²) in [5.41, 5.74) is 7.38. The molecule has 3 unspecified atom stereocenters. The highest BCUT2D eigenvalue weighted by Crippen LogP contribution is 2.65. The Morgan fingerprint density at radius 1 is 0.960 bits per heavy atom. The summed E-state index contributed by atoms with van der Waals surface area (Å²) in [6, 6.07) is 9.86. The lowest BCUT2D eigenvalue weighted by atomic mass is 9.49. The topological polar surface area (TPSA) is 117 Å². The SMILES string of the molecule is CCCN1CC2C(CC[C@@]3(C)C2CC[C@@H]3C(=O)Nc2cc(C(C)(C)C)ccc2C(C)(C)C)[C@@]2(C)CCC(=O)C=C12.NNC(=O)c1ccncc1. The van der Waals surface area contributed by atoms with E-state index >= 15 is 0 Å². The molecule has 2 heterocycles. The van der Waals surface area contributed by atoms with Gasteiger partial charge in [-0.15, -0.1) is 0 Å². The van der Waals surface area contributed by atoms with E-state index in [4.69, 9.17) is 5.84 Å². The van der Waals surface area contributed by atoms with E-state index in [-0.39, 0.29) is 39.4 Å². The monoisotopic (exact) mass is 683 g/mol. The van der Waals surface area contributed by atoms with Crippen molar-refractivity contribution in [3.05, 3.63) is 71.2 Å². The highest BCUT2D eigenvalue weighted by molar-refractivity contribution is 5.95. The van der Waals surface area contributed by atoms with E-state index in [1.54, 1.807) is 12.1 Å². The van der Waals surface area contributed by atoms with Gasteiger partial charge < -0.3 is 10.2 Å². The molecule has 4 aliphatic rings. The number of carbonyl (C=O) groups excluding carboxylic acids is 3. The summed E-state index contributed by atoms with van der Waals surface area (Å²) in [6.45, 7) is 22.6. The maximum absolute atomic E-state index is 14.2. The Labute approximate surface area is 300 Å². The van der Waals surface area contributed by atoms with Crippen molar-refractivity contribution in [3.63, 3.8) is 0 Å². The molecule has 0 bridgehead atoms. The largest absolute Gasteiger partial charge is 0.374 e. The molecule has 1 saturated heterocycles. The number of carbonyl (C=O) groups is 3. The molecule has 0 radical (unpaired) electrons. The Bertz CT molecular complexity index is 1610. The Morgan fingerprint density at radius 2 is 1.66 bits per heavy atom. The lowest BCUT2D eigenvalue weighted by Crippen LogP contribution is -2.58. The molecule has 8 nitrogen and oxygen atoms in total. The van der Waals surface area contributed by atoms with Gasteiger partial charge in [-0.2, -0.15) is 0 Å². The summed E-state index contributed by atoms with van der Waals surface area (Å²) >= 11 is 0. The van der Waals surface area contributed by atoms with E-state index in [0.717, 1.165) is 57.3 Å². The fourth-order valence-corrected chi connectivity index (χ4v) is 9.90. The van der Waals surface area contributed by atoms with Crippen LogP contribution in [0.2, 0.25) is 0 Å². The van der Waals surface area contributed by atoms with Crippen LogP contribution in [0.15, 0.2) is 54.5 Å². The number of nitrogens with one attached hydrogen (secondary N) is 2. The zero-order valence-corrected chi connectivity index (χ0v) is 32.0. The van der Waals surface area contributed by atoms with Gasteiger partial charge in [0.1, 0.15) is 0 Å². The van der Waals surface area contributed by atoms with E-state index in [1.807, 2.05) is 11.5 Å². The van der Waals surface area contributed by atoms with Gasteiger partial charge in [-0.25, -0.2) is 5.84 Å². The quantitative estimate of drug-likeness (QED) is 0.167. The molecule has 1 aliphatic heterocycles. The number of likely N-dealkylation sites (tertiary alicyclic amines) is 1. The lowest BCUT2D eigenvalue weighted by molar-refractivity contribution is -0.129. The van der Waals surface area contributed by atoms with Crippen LogP contribution in [-0.2, 0) is 20.4 Å². The van der Waals surface area contributed by atoms with Crippen molar-refractivity contribution in [2.45, 2.75) is 118 Å². The van der Waals surface area contributed by atoms with Gasteiger partial charge >= 0.3 is 0 Å². The second kappa shape index (κ2) is 14.2. The molecular formula is C42H61N5O3. The van der Waals surface area contributed by atoms with Gasteiger partial charge in [0.2, 0.25) is 5.91 Å². The second-order valence-corrected chi connectivity index (χ2v) is 17.9. The van der Waals surface area contributed by atoms with Crippen LogP contribution in [-0.4, -0.2) is 40.6 Å². The molecule has 1 aromatic carbocycles. The minimum atomic E-state index is -0.303. The van der Waals surface area contributed by atoms with Crippen LogP contribution in [0.3, 0.4) is 0 Å². The van der Waals surface area contributed by atoms with Crippen molar-refractivity contribution < 1.29 is 14.4 Å². The molecule has 2 aromatic rings. The van der Waals surface area contributed by atoms with E-state index in [9.17, 15) is 14.4 Å². The molecule has 3 fully saturated rings. The van der Waals surface area contributed by atoms with E-state index in [2.05, 4.69) is 95.7 Å². The number of fused-ring (bicyclic) bond motifs is 5. The molecule has 2 saturated carbocycles. The first-order valence-electron chi connectivity index (χ1n) is 18.8. The van der Waals surface area contributed by atoms with Crippen LogP contribution < -0.4 is 16.6 Å². The standard InChI is InChI=1S/C36H54N2O2.C6H7N3O/c1-10-19-38-22-25-26-13-14-29(35(26,8)18-16-27(25)36(9)17-15-24(39)21-31(36)38)32(40)37-30-20-23(33(2,3)4)11-12-28(30)34(5,6)7;7-9-6(10)5-1-3-8-4-2-5/h11-12,20-21,25-27,29H,10,13-19,22H2,1-9H3,(H,37,40);1-4H,7H2,(H,9,10)/t25?,26?,27?,29-,35+,36-;/m1./s1. The number of ketones is 1. The van der Waals surface area contributed by atoms with Crippen LogP contribution in [0.5, 0.6) is 0 Å². The van der Waals surface area contributed by atoms with Crippen molar-refractivity contribution in [1.29, 1.82) is 0 Å². The number of anilines is 1. The zero-order chi connectivity index (χ0) is 36.6. The van der Waals surface area contributed by atoms with E-state index in [1.165, 1.54) is 29.2 Å². The minimum Gasteiger partial charge on any atom is -0.374 e. The third kappa shape index (κ3) is 7.28. The number of benzene rings is 1. The number of pyridine rings is 1. The number of nitrogen functional groups attached to an aromatic ring is 1. The Hall–Kier alpha value is -3.52. The number of hydrogen-bond donors (Lipinski definition) is 3. The fourth-order valence-electron chi connectivity index (χ4n) is 9.90. The summed E-state index contributed by atoms with van der Waals surface area (Å²) in [5.74, 6) is 6.90. The van der Waals surface area contributed by atoms with Gasteiger partial charge in [-0.3, -0.25) is 24.8 Å². The molecule has 1 aromatic heterocycles. The molecule has 6 atom stereocenters. The Balaban J connectivity index is 0.000000418. The normalized spacial score (nSPS) is 29.0. The Kier molecular flexibility index (Phi) is 10.7. The number of aromatic nitrogens is 1. The van der Waals surface area contributed by atoms with Crippen molar-refractivity contribution in [1.82, 2.24) is 15.3 Å². The summed E-state index contributed by atoms with van der Waals surface area (Å²) in [5, 5.41) is 3.49. The van der Waals surface area contributed by atoms with Crippen molar-refractivity contribution in [2.24, 2.45) is 40.3 Å². The van der Waals surface area contributed by atoms with Gasteiger partial charge in [0.15, 0.2) is 5.78 Å². The number of hydrazine groups is 1. The lowest BCUT2D eigenvalue weighted by Gasteiger charge is -2.60. The molecule has 2 amide bonds. The smallest absolute Gasteiger partial charge is 0.265 e. The molecule has 6 rings (SSSR count). The van der Waals surface area contributed by atoms with Crippen LogP contribution in [0.4, 0.5) is 5.69 Å². The number of allylic oxidation sites excluding steroid dienone is 2. The summed E-state index contributed by atoms with van der Waals surface area (Å²) < 4.78 is 0. The maximum Gasteiger partial charge on any atom is 0.265 e. The summed E-state index contributed by atoms with van der Waals surface area (Å²) in [4.78, 5) is 43.7. The molecular weight excluding hydrogens is 622 g/mol. The zero-order valence-electron chi connectivity index (χ0n) is 32.0. The molecule has 0 spiro atoms. The first kappa shape index (κ1) is 37.7. The number of nitrogens with zero attached hydrogens (tertiary/aromatic N) is 2. The third-order valence-electron chi connectivity index (χ3n) is 12.6. The highest BCUT2D eigenvalue weighted by atomic mass is 16.2. The number of nitrogens with two attached hydrogens (primary N) is 1. The minimum absolute atomic E-state index is 0.0226. The number of hydrogen-bond acceptors (Lipinski definition) is 6. The second-order valence-electron chi connectivity index (χ2n) is 17.9. The van der Waals surface area contributed by atoms with Crippen molar-refractivity contribution in [3.8, 4) is 0 Å². The van der Waals surface area contributed by atoms with Gasteiger partial charge in [0, 0.05) is 66.3 Å². The molecule has 4 N–H and O–H groups in total. The van der Waals surface area contributed by atoms with Gasteiger partial charge in [-0.1, -0.05) is 74.4 Å². The van der Waals surface area contributed by atoms with Gasteiger partial charge in [-0.05, 0) is 102 Å². The predicted octanol–water partition coefficient (Wildman–Crippen LogP) is 7.94. The van der Waals surface area contributed by atoms with Gasteiger partial charge in [0.25, 0.3) is 5.91 Å². The van der Waals surface area contributed by atoms with E-state index in [0.29, 0.717) is 35.5 Å². The van der Waals surface area contributed by atoms with E-state index < -0.39 is 0 Å². The molecule has 50 heavy (non-hydrogen) atoms. The number of rotatable bonds is 5. The summed E-state index contributed by atoms with van der Waals surface area (Å²) in [7, 11) is 0.